The first kappa shape index (κ1) is 13.5. The number of rotatable bonds is 4. The van der Waals surface area contributed by atoms with Gasteiger partial charge in [0.15, 0.2) is 5.37 Å². The van der Waals surface area contributed by atoms with Crippen molar-refractivity contribution in [3.63, 3.8) is 0 Å². The molecular weight excluding hydrogens is 257 g/mol. The van der Waals surface area contributed by atoms with Crippen molar-refractivity contribution in [2.45, 2.75) is 11.8 Å². The van der Waals surface area contributed by atoms with Gasteiger partial charge in [0.25, 0.3) is 6.43 Å². The molecule has 2 atom stereocenters. The summed E-state index contributed by atoms with van der Waals surface area (Å²) >= 11 is -3.06. The van der Waals surface area contributed by atoms with E-state index in [1.54, 1.807) is 6.07 Å². The van der Waals surface area contributed by atoms with Crippen molar-refractivity contribution >= 4 is 16.8 Å². The number of hydrogen-bond donors (Lipinski definition) is 1. The summed E-state index contributed by atoms with van der Waals surface area (Å²) in [5.41, 5.74) is -0.412. The first-order chi connectivity index (χ1) is 7.95. The van der Waals surface area contributed by atoms with Crippen LogP contribution >= 0.6 is 0 Å². The van der Waals surface area contributed by atoms with E-state index in [1.807, 2.05) is 5.32 Å². The highest BCUT2D eigenvalue weighted by Gasteiger charge is 2.22. The number of hydrogen-bond acceptors (Lipinski definition) is 4. The zero-order valence-electron chi connectivity index (χ0n) is 8.19. The van der Waals surface area contributed by atoms with Crippen LogP contribution in [0, 0.1) is 17.1 Å². The topological polar surface area (TPSA) is 76.0 Å². The Balaban J connectivity index is 3.02. The van der Waals surface area contributed by atoms with Gasteiger partial charge in [-0.1, -0.05) is 0 Å². The number of nitrogens with one attached hydrogen (secondary N) is 1. The van der Waals surface area contributed by atoms with E-state index in [2.05, 4.69) is 0 Å². The van der Waals surface area contributed by atoms with Crippen LogP contribution in [-0.4, -0.2) is 20.6 Å². The molecule has 0 aliphatic rings. The lowest BCUT2D eigenvalue weighted by Gasteiger charge is -2.21. The summed E-state index contributed by atoms with van der Waals surface area (Å²) in [5.74, 6) is -0.719. The molecule has 0 aliphatic heterocycles. The second kappa shape index (κ2) is 5.65. The molecule has 92 valence electrons. The largest absolute Gasteiger partial charge is 0.771 e. The van der Waals surface area contributed by atoms with Gasteiger partial charge in [-0.25, -0.2) is 13.2 Å². The summed E-state index contributed by atoms with van der Waals surface area (Å²) in [7, 11) is 0. The van der Waals surface area contributed by atoms with E-state index < -0.39 is 28.7 Å². The van der Waals surface area contributed by atoms with Gasteiger partial charge in [-0.15, -0.1) is 0 Å². The predicted molar refractivity (Wildman–Crippen MR) is 53.4 cm³/mol. The third-order valence-electron chi connectivity index (χ3n) is 1.84. The zero-order valence-corrected chi connectivity index (χ0v) is 9.01. The predicted octanol–water partition coefficient (Wildman–Crippen LogP) is 1.58. The fourth-order valence-electron chi connectivity index (χ4n) is 1.08. The zero-order chi connectivity index (χ0) is 13.0. The Morgan fingerprint density at radius 3 is 2.59 bits per heavy atom. The summed E-state index contributed by atoms with van der Waals surface area (Å²) < 4.78 is 58.4. The molecule has 0 saturated heterocycles. The number of anilines is 1. The molecule has 0 amide bonds. The lowest BCUT2D eigenvalue weighted by atomic mass is 10.2. The molecule has 0 bridgehead atoms. The molecule has 0 fully saturated rings. The SMILES string of the molecule is N#Cc1cc(F)ccc1NC(C(F)F)S(=O)[O-]. The molecule has 0 aromatic heterocycles. The normalized spacial score (nSPS) is 14.1. The van der Waals surface area contributed by atoms with Crippen molar-refractivity contribution in [1.29, 1.82) is 5.26 Å². The standard InChI is InChI=1S/C9H7F3N2O2S/c10-6-1-2-7(5(3-6)4-13)14-9(8(11)12)17(15)16/h1-3,8-9,14H,(H,15,16)/p-1. The number of halogens is 3. The molecule has 1 aromatic rings. The van der Waals surface area contributed by atoms with Crippen molar-refractivity contribution in [2.75, 3.05) is 5.32 Å². The van der Waals surface area contributed by atoms with Gasteiger partial charge >= 0.3 is 0 Å². The van der Waals surface area contributed by atoms with E-state index in [0.717, 1.165) is 18.2 Å². The number of benzene rings is 1. The third-order valence-corrected chi connectivity index (χ3v) is 2.57. The van der Waals surface area contributed by atoms with Gasteiger partial charge in [-0.3, -0.25) is 4.21 Å². The van der Waals surface area contributed by atoms with Gasteiger partial charge in [0.1, 0.15) is 11.9 Å². The minimum atomic E-state index is -3.16. The van der Waals surface area contributed by atoms with Crippen molar-refractivity contribution in [3.8, 4) is 6.07 Å². The maximum atomic E-state index is 12.7. The monoisotopic (exact) mass is 263 g/mol. The summed E-state index contributed by atoms with van der Waals surface area (Å²) in [6.45, 7) is 0. The van der Waals surface area contributed by atoms with Crippen molar-refractivity contribution in [3.05, 3.63) is 29.6 Å². The highest BCUT2D eigenvalue weighted by Crippen LogP contribution is 2.19. The fourth-order valence-corrected chi connectivity index (χ4v) is 1.47. The maximum Gasteiger partial charge on any atom is 0.269 e. The molecule has 0 radical (unpaired) electrons. The minimum absolute atomic E-state index is 0.164. The van der Waals surface area contributed by atoms with Crippen LogP contribution in [-0.2, 0) is 11.1 Å². The molecule has 0 aliphatic carbocycles. The van der Waals surface area contributed by atoms with Crippen LogP contribution in [0.2, 0.25) is 0 Å². The first-order valence-corrected chi connectivity index (χ1v) is 5.42. The summed E-state index contributed by atoms with van der Waals surface area (Å²) in [6.07, 6.45) is -3.16. The molecule has 0 heterocycles. The van der Waals surface area contributed by atoms with Crippen LogP contribution in [0.4, 0.5) is 18.9 Å². The average Bonchev–Trinajstić information content (AvgIpc) is 2.26. The Kier molecular flexibility index (Phi) is 4.48. The average molecular weight is 263 g/mol. The Labute approximate surface area is 97.3 Å². The maximum absolute atomic E-state index is 12.7. The van der Waals surface area contributed by atoms with E-state index in [1.165, 1.54) is 0 Å². The highest BCUT2D eigenvalue weighted by molar-refractivity contribution is 7.80. The molecule has 4 nitrogen and oxygen atoms in total. The van der Waals surface area contributed by atoms with Crippen molar-refractivity contribution in [1.82, 2.24) is 0 Å². The van der Waals surface area contributed by atoms with Crippen molar-refractivity contribution < 1.29 is 21.9 Å². The van der Waals surface area contributed by atoms with E-state index in [-0.39, 0.29) is 11.3 Å². The van der Waals surface area contributed by atoms with Gasteiger partial charge in [0.05, 0.1) is 11.3 Å². The van der Waals surface area contributed by atoms with E-state index in [0.29, 0.717) is 0 Å². The van der Waals surface area contributed by atoms with Gasteiger partial charge in [0.2, 0.25) is 0 Å². The summed E-state index contributed by atoms with van der Waals surface area (Å²) in [4.78, 5) is 0. The lowest BCUT2D eigenvalue weighted by molar-refractivity contribution is 0.148. The molecule has 1 N–H and O–H groups in total. The van der Waals surface area contributed by atoms with Crippen LogP contribution in [0.1, 0.15) is 5.56 Å². The molecular formula is C9H6F3N2O2S-. The Morgan fingerprint density at radius 1 is 1.47 bits per heavy atom. The van der Waals surface area contributed by atoms with Crippen LogP contribution in [0.15, 0.2) is 18.2 Å². The Hall–Kier alpha value is -1.59. The quantitative estimate of drug-likeness (QED) is 0.837. The van der Waals surface area contributed by atoms with E-state index in [9.17, 15) is 21.9 Å². The number of nitrogens with zero attached hydrogens (tertiary/aromatic N) is 1. The second-order valence-electron chi connectivity index (χ2n) is 2.96. The molecule has 0 saturated carbocycles. The molecule has 1 rings (SSSR count). The van der Waals surface area contributed by atoms with E-state index >= 15 is 0 Å². The van der Waals surface area contributed by atoms with Gasteiger partial charge in [-0.2, -0.15) is 5.26 Å². The van der Waals surface area contributed by atoms with Crippen LogP contribution in [0.5, 0.6) is 0 Å². The molecule has 8 heteroatoms. The first-order valence-electron chi connectivity index (χ1n) is 4.28. The summed E-state index contributed by atoms with van der Waals surface area (Å²) in [6, 6.07) is 4.34. The molecule has 2 unspecified atom stereocenters. The third kappa shape index (κ3) is 3.44. The summed E-state index contributed by atoms with van der Waals surface area (Å²) in [5, 5.41) is 8.46. The highest BCUT2D eigenvalue weighted by atomic mass is 32.2. The van der Waals surface area contributed by atoms with Crippen LogP contribution < -0.4 is 5.32 Å². The van der Waals surface area contributed by atoms with Gasteiger partial charge < -0.3 is 9.87 Å². The Morgan fingerprint density at radius 2 is 2.12 bits per heavy atom. The van der Waals surface area contributed by atoms with E-state index in [4.69, 9.17) is 5.26 Å². The van der Waals surface area contributed by atoms with Crippen LogP contribution in [0.3, 0.4) is 0 Å². The minimum Gasteiger partial charge on any atom is -0.771 e. The molecule has 17 heavy (non-hydrogen) atoms. The number of nitriles is 1. The Bertz CT molecular complexity index is 476. The van der Waals surface area contributed by atoms with Crippen molar-refractivity contribution in [2.24, 2.45) is 0 Å². The molecule has 0 spiro atoms. The van der Waals surface area contributed by atoms with Gasteiger partial charge in [0, 0.05) is 0 Å². The lowest BCUT2D eigenvalue weighted by Crippen LogP contribution is -2.32. The van der Waals surface area contributed by atoms with Gasteiger partial charge in [-0.05, 0) is 29.3 Å². The fraction of sp³-hybridized carbons (Fsp3) is 0.222. The smallest absolute Gasteiger partial charge is 0.269 e. The molecule has 1 aromatic carbocycles. The second-order valence-corrected chi connectivity index (χ2v) is 3.99. The number of alkyl halides is 2. The van der Waals surface area contributed by atoms with Crippen LogP contribution in [0.25, 0.3) is 0 Å².